The van der Waals surface area contributed by atoms with Crippen molar-refractivity contribution in [3.8, 4) is 0 Å². The number of nitro benzene ring substituents is 1. The lowest BCUT2D eigenvalue weighted by molar-refractivity contribution is -0.384. The van der Waals surface area contributed by atoms with E-state index in [-0.39, 0.29) is 5.69 Å². The van der Waals surface area contributed by atoms with E-state index in [9.17, 15) is 14.9 Å². The lowest BCUT2D eigenvalue weighted by atomic mass is 10.2. The molecule has 1 heterocycles. The van der Waals surface area contributed by atoms with E-state index in [4.69, 9.17) is 0 Å². The second kappa shape index (κ2) is 5.04. The fourth-order valence-electron chi connectivity index (χ4n) is 1.98. The van der Waals surface area contributed by atoms with Gasteiger partial charge in [-0.1, -0.05) is 18.2 Å². The molecule has 0 saturated carbocycles. The number of nitrogens with one attached hydrogen (secondary N) is 1. The van der Waals surface area contributed by atoms with Gasteiger partial charge in [-0.25, -0.2) is 4.79 Å². The molecule has 7 heteroatoms. The zero-order valence-corrected chi connectivity index (χ0v) is 10.8. The first-order valence-electron chi connectivity index (χ1n) is 6.14. The van der Waals surface area contributed by atoms with Gasteiger partial charge in [0.2, 0.25) is 0 Å². The van der Waals surface area contributed by atoms with Crippen LogP contribution in [-0.4, -0.2) is 20.7 Å². The summed E-state index contributed by atoms with van der Waals surface area (Å²) in [5, 5.41) is 18.1. The molecule has 1 aromatic heterocycles. The number of aromatic nitrogens is 2. The maximum absolute atomic E-state index is 12.2. The van der Waals surface area contributed by atoms with Crippen molar-refractivity contribution in [2.24, 2.45) is 0 Å². The first-order valence-corrected chi connectivity index (χ1v) is 6.14. The second-order valence-electron chi connectivity index (χ2n) is 4.35. The average molecular weight is 282 g/mol. The summed E-state index contributed by atoms with van der Waals surface area (Å²) >= 11 is 0. The number of hydrogen-bond donors (Lipinski definition) is 1. The number of nitro groups is 1. The normalized spacial score (nSPS) is 10.5. The Balaban J connectivity index is 1.98. The molecule has 104 valence electrons. The molecule has 0 aliphatic carbocycles. The standard InChI is InChI=1S/C14H10N4O3/c19-14(16-11-4-2-1-3-5-11)17-13-8-12(18(20)21)7-6-10(13)9-15-17/h1-9H,(H,16,19). The highest BCUT2D eigenvalue weighted by atomic mass is 16.6. The molecule has 0 bridgehead atoms. The van der Waals surface area contributed by atoms with E-state index >= 15 is 0 Å². The smallest absolute Gasteiger partial charge is 0.306 e. The van der Waals surface area contributed by atoms with E-state index in [1.165, 1.54) is 18.3 Å². The van der Waals surface area contributed by atoms with E-state index in [0.717, 1.165) is 4.68 Å². The van der Waals surface area contributed by atoms with Gasteiger partial charge < -0.3 is 5.32 Å². The van der Waals surface area contributed by atoms with Crippen LogP contribution >= 0.6 is 0 Å². The molecule has 0 saturated heterocycles. The largest absolute Gasteiger partial charge is 0.347 e. The third-order valence-electron chi connectivity index (χ3n) is 2.98. The van der Waals surface area contributed by atoms with Crippen LogP contribution in [0.1, 0.15) is 0 Å². The predicted molar refractivity (Wildman–Crippen MR) is 77.2 cm³/mol. The Morgan fingerprint density at radius 1 is 1.19 bits per heavy atom. The van der Waals surface area contributed by atoms with Gasteiger partial charge in [-0.3, -0.25) is 10.1 Å². The molecule has 0 fully saturated rings. The molecule has 0 atom stereocenters. The van der Waals surface area contributed by atoms with Gasteiger partial charge in [0.05, 0.1) is 16.6 Å². The molecule has 0 aliphatic heterocycles. The average Bonchev–Trinajstić information content (AvgIpc) is 2.91. The van der Waals surface area contributed by atoms with Crippen molar-refractivity contribution >= 4 is 28.3 Å². The molecule has 1 amide bonds. The van der Waals surface area contributed by atoms with Crippen LogP contribution in [0, 0.1) is 10.1 Å². The van der Waals surface area contributed by atoms with Gasteiger partial charge in [0, 0.05) is 23.2 Å². The zero-order valence-electron chi connectivity index (χ0n) is 10.8. The summed E-state index contributed by atoms with van der Waals surface area (Å²) in [6.07, 6.45) is 1.49. The molecule has 1 N–H and O–H groups in total. The molecule has 0 unspecified atom stereocenters. The van der Waals surface area contributed by atoms with Gasteiger partial charge in [-0.15, -0.1) is 0 Å². The fourth-order valence-corrected chi connectivity index (χ4v) is 1.98. The fraction of sp³-hybridized carbons (Fsp3) is 0. The maximum atomic E-state index is 12.2. The summed E-state index contributed by atoms with van der Waals surface area (Å²) in [4.78, 5) is 22.5. The SMILES string of the molecule is O=C(Nc1ccccc1)n1ncc2ccc([N+](=O)[O-])cc21. The minimum absolute atomic E-state index is 0.0863. The van der Waals surface area contributed by atoms with Gasteiger partial charge in [0.25, 0.3) is 5.69 Å². The summed E-state index contributed by atoms with van der Waals surface area (Å²) in [5.41, 5.74) is 0.922. The third kappa shape index (κ3) is 2.44. The minimum Gasteiger partial charge on any atom is -0.306 e. The molecule has 0 radical (unpaired) electrons. The zero-order chi connectivity index (χ0) is 14.8. The van der Waals surface area contributed by atoms with Crippen LogP contribution in [0.15, 0.2) is 54.7 Å². The quantitative estimate of drug-likeness (QED) is 0.577. The summed E-state index contributed by atoms with van der Waals surface area (Å²) in [7, 11) is 0. The molecule has 0 spiro atoms. The first-order chi connectivity index (χ1) is 10.1. The number of nitrogens with zero attached hydrogens (tertiary/aromatic N) is 3. The number of carbonyl (C=O) groups is 1. The Bertz CT molecular complexity index is 827. The van der Waals surface area contributed by atoms with E-state index in [2.05, 4.69) is 10.4 Å². The molecule has 2 aromatic carbocycles. The Kier molecular flexibility index (Phi) is 3.07. The van der Waals surface area contributed by atoms with E-state index in [1.54, 1.807) is 30.3 Å². The molecular formula is C14H10N4O3. The second-order valence-corrected chi connectivity index (χ2v) is 4.35. The van der Waals surface area contributed by atoms with Crippen molar-refractivity contribution in [1.82, 2.24) is 9.78 Å². The molecule has 21 heavy (non-hydrogen) atoms. The molecule has 3 aromatic rings. The highest BCUT2D eigenvalue weighted by Crippen LogP contribution is 2.20. The Hall–Kier alpha value is -3.22. The summed E-state index contributed by atoms with van der Waals surface area (Å²) in [6, 6.07) is 12.7. The third-order valence-corrected chi connectivity index (χ3v) is 2.98. The van der Waals surface area contributed by atoms with Crippen molar-refractivity contribution in [3.05, 3.63) is 64.8 Å². The number of anilines is 1. The molecule has 0 aliphatic rings. The highest BCUT2D eigenvalue weighted by Gasteiger charge is 2.14. The van der Waals surface area contributed by atoms with Crippen molar-refractivity contribution in [1.29, 1.82) is 0 Å². The van der Waals surface area contributed by atoms with Gasteiger partial charge in [-0.2, -0.15) is 9.78 Å². The van der Waals surface area contributed by atoms with Crippen molar-refractivity contribution in [2.45, 2.75) is 0 Å². The summed E-state index contributed by atoms with van der Waals surface area (Å²) in [6.45, 7) is 0. The summed E-state index contributed by atoms with van der Waals surface area (Å²) in [5.74, 6) is 0. The maximum Gasteiger partial charge on any atom is 0.347 e. The Morgan fingerprint density at radius 2 is 1.95 bits per heavy atom. The Labute approximate surface area is 119 Å². The topological polar surface area (TPSA) is 90.1 Å². The number of fused-ring (bicyclic) bond motifs is 1. The van der Waals surface area contributed by atoms with Crippen LogP contribution < -0.4 is 5.32 Å². The van der Waals surface area contributed by atoms with Crippen LogP contribution in [0.3, 0.4) is 0 Å². The van der Waals surface area contributed by atoms with E-state index in [1.807, 2.05) is 6.07 Å². The lowest BCUT2D eigenvalue weighted by Gasteiger charge is -2.05. The lowest BCUT2D eigenvalue weighted by Crippen LogP contribution is -2.20. The van der Waals surface area contributed by atoms with Crippen molar-refractivity contribution < 1.29 is 9.72 Å². The highest BCUT2D eigenvalue weighted by molar-refractivity contribution is 5.97. The number of benzene rings is 2. The van der Waals surface area contributed by atoms with E-state index in [0.29, 0.717) is 16.6 Å². The van der Waals surface area contributed by atoms with Crippen molar-refractivity contribution in [2.75, 3.05) is 5.32 Å². The monoisotopic (exact) mass is 282 g/mol. The van der Waals surface area contributed by atoms with Gasteiger partial charge in [0.15, 0.2) is 0 Å². The van der Waals surface area contributed by atoms with Crippen molar-refractivity contribution in [3.63, 3.8) is 0 Å². The first kappa shape index (κ1) is 12.8. The number of para-hydroxylation sites is 1. The molecule has 3 rings (SSSR count). The Morgan fingerprint density at radius 3 is 2.67 bits per heavy atom. The van der Waals surface area contributed by atoms with Gasteiger partial charge >= 0.3 is 6.03 Å². The summed E-state index contributed by atoms with van der Waals surface area (Å²) < 4.78 is 1.11. The van der Waals surface area contributed by atoms with Gasteiger partial charge in [0.1, 0.15) is 0 Å². The van der Waals surface area contributed by atoms with Crippen LogP contribution in [0.4, 0.5) is 16.2 Å². The number of amides is 1. The van der Waals surface area contributed by atoms with Crippen LogP contribution in [0.2, 0.25) is 0 Å². The minimum atomic E-state index is -0.508. The van der Waals surface area contributed by atoms with Crippen LogP contribution in [-0.2, 0) is 0 Å². The number of rotatable bonds is 2. The number of non-ortho nitro benzene ring substituents is 1. The molecule has 7 nitrogen and oxygen atoms in total. The van der Waals surface area contributed by atoms with E-state index < -0.39 is 11.0 Å². The number of carbonyl (C=O) groups excluding carboxylic acids is 1. The van der Waals surface area contributed by atoms with Crippen LogP contribution in [0.5, 0.6) is 0 Å². The van der Waals surface area contributed by atoms with Gasteiger partial charge in [-0.05, 0) is 18.2 Å². The molecular weight excluding hydrogens is 272 g/mol. The predicted octanol–water partition coefficient (Wildman–Crippen LogP) is 3.02. The number of hydrogen-bond acceptors (Lipinski definition) is 4. The van der Waals surface area contributed by atoms with Crippen LogP contribution in [0.25, 0.3) is 10.9 Å².